The van der Waals surface area contributed by atoms with Crippen LogP contribution in [0.3, 0.4) is 0 Å². The topological polar surface area (TPSA) is 111 Å². The van der Waals surface area contributed by atoms with Crippen molar-refractivity contribution in [1.82, 2.24) is 4.57 Å². The first-order valence-corrected chi connectivity index (χ1v) is 11.4. The van der Waals surface area contributed by atoms with Gasteiger partial charge in [-0.15, -0.1) is 0 Å². The summed E-state index contributed by atoms with van der Waals surface area (Å²) < 4.78 is 48.0. The molecule has 0 spiro atoms. The zero-order valence-electron chi connectivity index (χ0n) is 18.0. The molecule has 0 saturated carbocycles. The summed E-state index contributed by atoms with van der Waals surface area (Å²) in [5.41, 5.74) is 0. The monoisotopic (exact) mass is 436 g/mol. The van der Waals surface area contributed by atoms with Crippen molar-refractivity contribution < 1.29 is 36.0 Å². The molecule has 0 amide bonds. The lowest BCUT2D eigenvalue weighted by Crippen LogP contribution is -2.25. The zero-order valence-corrected chi connectivity index (χ0v) is 18.9. The van der Waals surface area contributed by atoms with E-state index in [0.29, 0.717) is 13.0 Å². The third-order valence-corrected chi connectivity index (χ3v) is 4.17. The Hall–Kier alpha value is -1.49. The first-order valence-electron chi connectivity index (χ1n) is 10.1. The summed E-state index contributed by atoms with van der Waals surface area (Å²) in [5.74, 6) is -0.292. The largest absolute Gasteiger partial charge is 0.726 e. The molecule has 0 aliphatic carbocycles. The molecule has 1 heterocycles. The predicted octanol–water partition coefficient (Wildman–Crippen LogP) is 2.45. The van der Waals surface area contributed by atoms with Gasteiger partial charge in [0.05, 0.1) is 20.3 Å². The number of hydrogen-bond donors (Lipinski definition) is 0. The molecule has 29 heavy (non-hydrogen) atoms. The minimum atomic E-state index is -4.47. The number of imidazole rings is 1. The van der Waals surface area contributed by atoms with Crippen LogP contribution in [-0.4, -0.2) is 43.0 Å². The van der Waals surface area contributed by atoms with E-state index in [9.17, 15) is 17.8 Å². The van der Waals surface area contributed by atoms with Gasteiger partial charge >= 0.3 is 5.97 Å². The van der Waals surface area contributed by atoms with Crippen molar-refractivity contribution in [1.29, 1.82) is 0 Å². The van der Waals surface area contributed by atoms with E-state index in [1.807, 2.05) is 37.3 Å². The molecule has 0 aliphatic rings. The molecule has 1 rings (SSSR count). The lowest BCUT2D eigenvalue weighted by Gasteiger charge is -2.12. The van der Waals surface area contributed by atoms with Gasteiger partial charge in [-0.1, -0.05) is 46.0 Å². The van der Waals surface area contributed by atoms with Crippen molar-refractivity contribution in [3.8, 4) is 0 Å². The van der Waals surface area contributed by atoms with Gasteiger partial charge in [-0.3, -0.25) is 4.18 Å². The van der Waals surface area contributed by atoms with Crippen molar-refractivity contribution in [3.05, 3.63) is 18.7 Å². The average molecular weight is 437 g/mol. The number of aryl methyl sites for hydroxylation is 1. The third kappa shape index (κ3) is 18.3. The van der Waals surface area contributed by atoms with Crippen LogP contribution in [-0.2, 0) is 42.4 Å². The SMILES string of the molecule is CCCCCCCCOS(=O)(=O)[O-].CCCOC(C)OC(=O)Cn1cc[n+](C)c1. The Morgan fingerprint density at radius 1 is 1.10 bits per heavy atom. The Labute approximate surface area is 174 Å². The molecule has 9 nitrogen and oxygen atoms in total. The van der Waals surface area contributed by atoms with E-state index in [0.717, 1.165) is 19.3 Å². The minimum Gasteiger partial charge on any atom is -0.726 e. The van der Waals surface area contributed by atoms with Gasteiger partial charge in [-0.25, -0.2) is 22.3 Å². The van der Waals surface area contributed by atoms with Crippen molar-refractivity contribution in [2.45, 2.75) is 78.6 Å². The molecule has 10 heteroatoms. The second-order valence-corrected chi connectivity index (χ2v) is 7.73. The number of rotatable bonds is 14. The lowest BCUT2D eigenvalue weighted by atomic mass is 10.1. The molecule has 0 fully saturated rings. The van der Waals surface area contributed by atoms with E-state index in [-0.39, 0.29) is 19.1 Å². The fourth-order valence-corrected chi connectivity index (χ4v) is 2.65. The molecule has 0 bridgehead atoms. The van der Waals surface area contributed by atoms with E-state index in [2.05, 4.69) is 11.1 Å². The van der Waals surface area contributed by atoms with Crippen molar-refractivity contribution in [2.75, 3.05) is 13.2 Å². The number of unbranched alkanes of at least 4 members (excludes halogenated alkanes) is 5. The van der Waals surface area contributed by atoms with Crippen molar-refractivity contribution >= 4 is 16.4 Å². The van der Waals surface area contributed by atoms with Crippen LogP contribution in [0.2, 0.25) is 0 Å². The van der Waals surface area contributed by atoms with Gasteiger partial charge in [0.2, 0.25) is 16.7 Å². The fourth-order valence-electron chi connectivity index (χ4n) is 2.33. The molecule has 1 aromatic heterocycles. The van der Waals surface area contributed by atoms with E-state index >= 15 is 0 Å². The van der Waals surface area contributed by atoms with E-state index in [1.165, 1.54) is 19.3 Å². The van der Waals surface area contributed by atoms with Gasteiger partial charge < -0.3 is 14.0 Å². The quantitative estimate of drug-likeness (QED) is 0.110. The van der Waals surface area contributed by atoms with Crippen molar-refractivity contribution in [2.24, 2.45) is 7.05 Å². The number of hydrogen-bond acceptors (Lipinski definition) is 7. The molecule has 0 N–H and O–H groups in total. The molecule has 170 valence electrons. The molecule has 1 aromatic rings. The lowest BCUT2D eigenvalue weighted by molar-refractivity contribution is -0.671. The second-order valence-electron chi connectivity index (χ2n) is 6.68. The zero-order chi connectivity index (χ0) is 22.1. The number of carbonyl (C=O) groups excluding carboxylic acids is 1. The molecular formula is C19H36N2O7S. The highest BCUT2D eigenvalue weighted by Gasteiger charge is 2.13. The third-order valence-electron chi connectivity index (χ3n) is 3.72. The summed E-state index contributed by atoms with van der Waals surface area (Å²) in [7, 11) is -2.57. The normalized spacial score (nSPS) is 12.2. The average Bonchev–Trinajstić information content (AvgIpc) is 3.03. The van der Waals surface area contributed by atoms with Crippen LogP contribution in [0.1, 0.15) is 65.7 Å². The molecule has 0 aromatic carbocycles. The Morgan fingerprint density at radius 3 is 2.31 bits per heavy atom. The summed E-state index contributed by atoms with van der Waals surface area (Å²) in [4.78, 5) is 11.5. The minimum absolute atomic E-state index is 0.0258. The van der Waals surface area contributed by atoms with Crippen LogP contribution in [0.4, 0.5) is 0 Å². The Balaban J connectivity index is 0.000000555. The molecule has 0 aliphatic heterocycles. The maximum absolute atomic E-state index is 11.5. The predicted molar refractivity (Wildman–Crippen MR) is 106 cm³/mol. The number of esters is 1. The van der Waals surface area contributed by atoms with Gasteiger partial charge in [0.1, 0.15) is 12.4 Å². The highest BCUT2D eigenvalue weighted by Crippen LogP contribution is 2.05. The Kier molecular flexibility index (Phi) is 15.5. The van der Waals surface area contributed by atoms with Crippen LogP contribution in [0.5, 0.6) is 0 Å². The summed E-state index contributed by atoms with van der Waals surface area (Å²) in [6.07, 6.45) is 12.2. The van der Waals surface area contributed by atoms with Crippen LogP contribution >= 0.6 is 0 Å². The van der Waals surface area contributed by atoms with Crippen LogP contribution in [0, 0.1) is 0 Å². The summed E-state index contributed by atoms with van der Waals surface area (Å²) >= 11 is 0. The molecule has 0 saturated heterocycles. The summed E-state index contributed by atoms with van der Waals surface area (Å²) in [6, 6.07) is 0. The standard InChI is InChI=1S/C11H19N2O3.C8H18O4S/c1-4-7-15-10(2)16-11(14)8-13-6-5-12(3)9-13;1-2-3-4-5-6-7-8-12-13(9,10)11/h5-6,9-10H,4,7-8H2,1-3H3;2-8H2,1H3,(H,9,10,11)/q+1;/p-1. The van der Waals surface area contributed by atoms with E-state index in [1.54, 1.807) is 11.5 Å². The van der Waals surface area contributed by atoms with Gasteiger partial charge in [0.25, 0.3) is 0 Å². The molecule has 1 atom stereocenters. The van der Waals surface area contributed by atoms with Gasteiger partial charge in [0, 0.05) is 0 Å². The Morgan fingerprint density at radius 2 is 1.76 bits per heavy atom. The first kappa shape index (κ1) is 27.5. The maximum Gasteiger partial charge on any atom is 0.350 e. The maximum atomic E-state index is 11.5. The van der Waals surface area contributed by atoms with Gasteiger partial charge in [-0.05, 0) is 19.8 Å². The van der Waals surface area contributed by atoms with Crippen LogP contribution in [0.25, 0.3) is 0 Å². The highest BCUT2D eigenvalue weighted by molar-refractivity contribution is 7.80. The van der Waals surface area contributed by atoms with Gasteiger partial charge in [-0.2, -0.15) is 0 Å². The van der Waals surface area contributed by atoms with Crippen LogP contribution in [0.15, 0.2) is 18.7 Å². The second kappa shape index (κ2) is 16.3. The summed E-state index contributed by atoms with van der Waals surface area (Å²) in [6.45, 7) is 6.70. The van der Waals surface area contributed by atoms with Gasteiger partial charge in [0.15, 0.2) is 12.8 Å². The van der Waals surface area contributed by atoms with Crippen LogP contribution < -0.4 is 4.57 Å². The fraction of sp³-hybridized carbons (Fsp3) is 0.789. The number of carbonyl (C=O) groups is 1. The first-order chi connectivity index (χ1) is 13.7. The Bertz CT molecular complexity index is 647. The smallest absolute Gasteiger partial charge is 0.350 e. The number of ether oxygens (including phenoxy) is 2. The van der Waals surface area contributed by atoms with E-state index in [4.69, 9.17) is 9.47 Å². The molecule has 0 radical (unpaired) electrons. The molecular weight excluding hydrogens is 400 g/mol. The highest BCUT2D eigenvalue weighted by atomic mass is 32.3. The summed E-state index contributed by atoms with van der Waals surface area (Å²) in [5, 5.41) is 0. The van der Waals surface area contributed by atoms with E-state index < -0.39 is 16.7 Å². The number of nitrogens with zero attached hydrogens (tertiary/aromatic N) is 2. The van der Waals surface area contributed by atoms with Crippen molar-refractivity contribution in [3.63, 3.8) is 0 Å². The molecule has 1 unspecified atom stereocenters. The number of aromatic nitrogens is 2.